The molecule has 0 bridgehead atoms. The second-order valence-electron chi connectivity index (χ2n) is 8.56. The minimum atomic E-state index is -3.96. The minimum Gasteiger partial charge on any atom is -0.465 e. The van der Waals surface area contributed by atoms with Crippen molar-refractivity contribution >= 4 is 27.0 Å². The van der Waals surface area contributed by atoms with Gasteiger partial charge in [-0.25, -0.2) is 13.2 Å². The third kappa shape index (κ3) is 6.10. The van der Waals surface area contributed by atoms with E-state index >= 15 is 0 Å². The number of nitrogens with zero attached hydrogens (tertiary/aromatic N) is 2. The topological polar surface area (TPSA) is 136 Å². The number of aryl methyl sites for hydroxylation is 1. The van der Waals surface area contributed by atoms with Crippen LogP contribution in [0.3, 0.4) is 0 Å². The summed E-state index contributed by atoms with van der Waals surface area (Å²) in [6.45, 7) is 5.51. The first-order chi connectivity index (χ1) is 15.6. The average molecular weight is 475 g/mol. The van der Waals surface area contributed by atoms with Gasteiger partial charge < -0.3 is 15.5 Å². The van der Waals surface area contributed by atoms with Gasteiger partial charge in [-0.1, -0.05) is 44.2 Å². The summed E-state index contributed by atoms with van der Waals surface area (Å²) in [6, 6.07) is 13.0. The maximum Gasteiger partial charge on any atom is 0.404 e. The molecule has 1 aromatic heterocycles. The molecule has 3 aromatic rings. The number of hydrogen-bond acceptors (Lipinski definition) is 5. The van der Waals surface area contributed by atoms with Gasteiger partial charge in [0.15, 0.2) is 0 Å². The minimum absolute atomic E-state index is 0.00799. The number of H-pyrrole nitrogens is 1. The Labute approximate surface area is 193 Å². The van der Waals surface area contributed by atoms with E-state index in [0.717, 1.165) is 11.3 Å². The lowest BCUT2D eigenvalue weighted by molar-refractivity contribution is 0.0980. The standard InChI is InChI=1S/C23H30N4O5S/c1-15(2)13-27(33(31,32)18-9-10-20-19(12-18)16(3)25-26-20)14-22(28)21(24-23(29)30)11-17-7-5-4-6-8-17/h4-10,12,15,21-22,24,28H,11,13-14H2,1-3H3,(H,25,26)(H,29,30). The first kappa shape index (κ1) is 24.7. The Kier molecular flexibility index (Phi) is 7.72. The SMILES string of the molecule is Cc1[nH]nc2ccc(S(=O)(=O)N(CC(C)C)CC(O)C(Cc3ccccc3)NC(=O)O)cc12. The van der Waals surface area contributed by atoms with Crippen molar-refractivity contribution in [1.82, 2.24) is 19.8 Å². The van der Waals surface area contributed by atoms with E-state index in [9.17, 15) is 23.4 Å². The van der Waals surface area contributed by atoms with E-state index in [1.54, 1.807) is 12.1 Å². The fourth-order valence-electron chi connectivity index (χ4n) is 3.75. The molecule has 0 saturated heterocycles. The number of benzene rings is 2. The number of aliphatic hydroxyl groups excluding tert-OH is 1. The lowest BCUT2D eigenvalue weighted by Crippen LogP contribution is -2.50. The summed E-state index contributed by atoms with van der Waals surface area (Å²) in [5, 5.41) is 30.2. The summed E-state index contributed by atoms with van der Waals surface area (Å²) in [5.74, 6) is -0.00799. The van der Waals surface area contributed by atoms with Gasteiger partial charge in [-0.3, -0.25) is 5.10 Å². The van der Waals surface area contributed by atoms with Gasteiger partial charge in [-0.2, -0.15) is 9.40 Å². The van der Waals surface area contributed by atoms with Crippen molar-refractivity contribution in [3.63, 3.8) is 0 Å². The Hall–Kier alpha value is -2.95. The average Bonchev–Trinajstić information content (AvgIpc) is 3.13. The number of rotatable bonds is 10. The molecule has 0 aliphatic rings. The first-order valence-corrected chi connectivity index (χ1v) is 12.2. The van der Waals surface area contributed by atoms with Gasteiger partial charge in [-0.05, 0) is 43.0 Å². The van der Waals surface area contributed by atoms with Crippen LogP contribution < -0.4 is 5.32 Å². The van der Waals surface area contributed by atoms with Crippen LogP contribution in [0.1, 0.15) is 25.1 Å². The molecule has 10 heteroatoms. The predicted octanol–water partition coefficient (Wildman–Crippen LogP) is 2.76. The van der Waals surface area contributed by atoms with E-state index in [0.29, 0.717) is 10.9 Å². The van der Waals surface area contributed by atoms with E-state index in [-0.39, 0.29) is 30.3 Å². The fraction of sp³-hybridized carbons (Fsp3) is 0.391. The van der Waals surface area contributed by atoms with Crippen LogP contribution in [0, 0.1) is 12.8 Å². The van der Waals surface area contributed by atoms with E-state index in [2.05, 4.69) is 15.5 Å². The third-order valence-electron chi connectivity index (χ3n) is 5.39. The molecule has 9 nitrogen and oxygen atoms in total. The lowest BCUT2D eigenvalue weighted by atomic mass is 10.0. The second-order valence-corrected chi connectivity index (χ2v) is 10.5. The second kappa shape index (κ2) is 10.3. The molecule has 0 spiro atoms. The van der Waals surface area contributed by atoms with Gasteiger partial charge >= 0.3 is 6.09 Å². The molecule has 3 rings (SSSR count). The monoisotopic (exact) mass is 474 g/mol. The molecule has 0 fully saturated rings. The molecule has 0 saturated carbocycles. The Morgan fingerprint density at radius 1 is 1.15 bits per heavy atom. The van der Waals surface area contributed by atoms with E-state index < -0.39 is 28.3 Å². The molecule has 1 amide bonds. The number of amides is 1. The van der Waals surface area contributed by atoms with Crippen molar-refractivity contribution in [1.29, 1.82) is 0 Å². The summed E-state index contributed by atoms with van der Waals surface area (Å²) in [5.41, 5.74) is 2.25. The number of aliphatic hydroxyl groups is 1. The van der Waals surface area contributed by atoms with Crippen LogP contribution in [0.2, 0.25) is 0 Å². The number of aromatic amines is 1. The predicted molar refractivity (Wildman–Crippen MR) is 126 cm³/mol. The van der Waals surface area contributed by atoms with Gasteiger partial charge in [0.05, 0.1) is 22.6 Å². The number of aromatic nitrogens is 2. The van der Waals surface area contributed by atoms with Crippen molar-refractivity contribution in [3.8, 4) is 0 Å². The maximum atomic E-state index is 13.5. The van der Waals surface area contributed by atoms with Gasteiger partial charge in [0.2, 0.25) is 10.0 Å². The van der Waals surface area contributed by atoms with Crippen molar-refractivity contribution in [2.75, 3.05) is 13.1 Å². The van der Waals surface area contributed by atoms with E-state index in [1.165, 1.54) is 10.4 Å². The number of hydrogen-bond donors (Lipinski definition) is 4. The van der Waals surface area contributed by atoms with Crippen LogP contribution in [0.5, 0.6) is 0 Å². The Morgan fingerprint density at radius 2 is 1.85 bits per heavy atom. The molecular formula is C23H30N4O5S. The van der Waals surface area contributed by atoms with Gasteiger partial charge in [0.1, 0.15) is 0 Å². The van der Waals surface area contributed by atoms with Crippen molar-refractivity contribution in [3.05, 3.63) is 59.8 Å². The van der Waals surface area contributed by atoms with Gasteiger partial charge in [-0.15, -0.1) is 0 Å². The van der Waals surface area contributed by atoms with Crippen molar-refractivity contribution in [2.24, 2.45) is 5.92 Å². The Bertz CT molecular complexity index is 1190. The van der Waals surface area contributed by atoms with E-state index in [1.807, 2.05) is 51.1 Å². The molecule has 33 heavy (non-hydrogen) atoms. The van der Waals surface area contributed by atoms with Crippen LogP contribution in [-0.4, -0.2) is 64.5 Å². The highest BCUT2D eigenvalue weighted by atomic mass is 32.2. The molecule has 2 atom stereocenters. The molecular weight excluding hydrogens is 444 g/mol. The zero-order chi connectivity index (χ0) is 24.2. The number of carboxylic acid groups (broad SMARTS) is 1. The molecule has 1 heterocycles. The molecule has 4 N–H and O–H groups in total. The van der Waals surface area contributed by atoms with Gasteiger partial charge in [0, 0.05) is 24.2 Å². The van der Waals surface area contributed by atoms with Crippen LogP contribution in [0.4, 0.5) is 4.79 Å². The van der Waals surface area contributed by atoms with Crippen LogP contribution >= 0.6 is 0 Å². The van der Waals surface area contributed by atoms with Crippen molar-refractivity contribution in [2.45, 2.75) is 44.2 Å². The zero-order valence-corrected chi connectivity index (χ0v) is 19.7. The van der Waals surface area contributed by atoms with Crippen LogP contribution in [0.25, 0.3) is 10.9 Å². The highest BCUT2D eigenvalue weighted by molar-refractivity contribution is 7.89. The maximum absolute atomic E-state index is 13.5. The molecule has 2 unspecified atom stereocenters. The number of fused-ring (bicyclic) bond motifs is 1. The largest absolute Gasteiger partial charge is 0.465 e. The fourth-order valence-corrected chi connectivity index (χ4v) is 5.40. The summed E-state index contributed by atoms with van der Waals surface area (Å²) in [7, 11) is -3.96. The van der Waals surface area contributed by atoms with Gasteiger partial charge in [0.25, 0.3) is 0 Å². The van der Waals surface area contributed by atoms with Crippen LogP contribution in [0.15, 0.2) is 53.4 Å². The summed E-state index contributed by atoms with van der Waals surface area (Å²) in [6.07, 6.45) is -2.31. The quantitative estimate of drug-likeness (QED) is 0.357. The summed E-state index contributed by atoms with van der Waals surface area (Å²) >= 11 is 0. The molecule has 0 radical (unpaired) electrons. The van der Waals surface area contributed by atoms with Crippen LogP contribution in [-0.2, 0) is 16.4 Å². The summed E-state index contributed by atoms with van der Waals surface area (Å²) in [4.78, 5) is 11.4. The molecule has 178 valence electrons. The summed E-state index contributed by atoms with van der Waals surface area (Å²) < 4.78 is 28.3. The smallest absolute Gasteiger partial charge is 0.404 e. The molecule has 0 aliphatic carbocycles. The zero-order valence-electron chi connectivity index (χ0n) is 18.9. The third-order valence-corrected chi connectivity index (χ3v) is 7.21. The number of carbonyl (C=O) groups is 1. The van der Waals surface area contributed by atoms with E-state index in [4.69, 9.17) is 0 Å². The molecule has 2 aromatic carbocycles. The lowest BCUT2D eigenvalue weighted by Gasteiger charge is -2.30. The van der Waals surface area contributed by atoms with Crippen molar-refractivity contribution < 1.29 is 23.4 Å². The molecule has 0 aliphatic heterocycles. The first-order valence-electron chi connectivity index (χ1n) is 10.7. The Morgan fingerprint density at radius 3 is 2.48 bits per heavy atom. The number of sulfonamides is 1. The normalized spacial score (nSPS) is 14.0. The highest BCUT2D eigenvalue weighted by Gasteiger charge is 2.31. The Balaban J connectivity index is 1.89. The highest BCUT2D eigenvalue weighted by Crippen LogP contribution is 2.24. The number of nitrogens with one attached hydrogen (secondary N) is 2.